The van der Waals surface area contributed by atoms with Crippen molar-refractivity contribution in [2.45, 2.75) is 65.7 Å². The lowest BCUT2D eigenvalue weighted by molar-refractivity contribution is -0.458. The first-order valence-electron chi connectivity index (χ1n) is 9.51. The fourth-order valence-electron chi connectivity index (χ4n) is 2.88. The van der Waals surface area contributed by atoms with E-state index in [0.717, 1.165) is 13.0 Å². The van der Waals surface area contributed by atoms with Crippen LogP contribution in [0.3, 0.4) is 0 Å². The van der Waals surface area contributed by atoms with Crippen LogP contribution in [0.25, 0.3) is 9.75 Å². The fourth-order valence-corrected chi connectivity index (χ4v) is 6.79. The van der Waals surface area contributed by atoms with Gasteiger partial charge in [0.25, 0.3) is 9.84 Å². The van der Waals surface area contributed by atoms with Crippen molar-refractivity contribution in [3.05, 3.63) is 28.0 Å². The van der Waals surface area contributed by atoms with E-state index in [1.54, 1.807) is 0 Å². The number of sulfone groups is 1. The van der Waals surface area contributed by atoms with E-state index in [9.17, 15) is 83.1 Å². The van der Waals surface area contributed by atoms with Crippen LogP contribution in [-0.2, 0) is 9.84 Å². The minimum Gasteiger partial charge on any atom is -0.217 e. The van der Waals surface area contributed by atoms with Crippen molar-refractivity contribution in [2.24, 2.45) is 0 Å². The molecule has 0 amide bonds. The topological polar surface area (TPSA) is 34.1 Å². The van der Waals surface area contributed by atoms with Crippen LogP contribution in [0.2, 0.25) is 0 Å². The van der Waals surface area contributed by atoms with Gasteiger partial charge < -0.3 is 0 Å². The van der Waals surface area contributed by atoms with Gasteiger partial charge in [-0.3, -0.25) is 0 Å². The Hall–Kier alpha value is -1.84. The van der Waals surface area contributed by atoms with Crippen LogP contribution < -0.4 is 0 Å². The van der Waals surface area contributed by atoms with Crippen molar-refractivity contribution in [2.75, 3.05) is 0 Å². The van der Waals surface area contributed by atoms with Crippen LogP contribution in [0.5, 0.6) is 0 Å². The standard InChI is InChI=1S/C18H9F17O2S3/c1-6-3-4-8(38-6)10-9(5-7(2)39-10)40(36,37)18(34,35)16(29,30)14(25,26)12(21,22)11(19,20)13(23,24)15(27,28)17(31,32)33/h3-5H,1-2H3. The maximum atomic E-state index is 14.6. The van der Waals surface area contributed by atoms with E-state index in [1.807, 2.05) is 0 Å². The molecule has 0 saturated carbocycles. The maximum absolute atomic E-state index is 14.6. The van der Waals surface area contributed by atoms with Crippen molar-refractivity contribution in [1.29, 1.82) is 0 Å². The maximum Gasteiger partial charge on any atom is 0.460 e. The molecule has 40 heavy (non-hydrogen) atoms. The van der Waals surface area contributed by atoms with Gasteiger partial charge in [0.05, 0.1) is 9.77 Å². The Morgan fingerprint density at radius 1 is 0.550 bits per heavy atom. The average Bonchev–Trinajstić information content (AvgIpc) is 3.37. The van der Waals surface area contributed by atoms with Crippen molar-refractivity contribution in [1.82, 2.24) is 0 Å². The smallest absolute Gasteiger partial charge is 0.217 e. The van der Waals surface area contributed by atoms with Crippen LogP contribution in [-0.4, -0.2) is 55.4 Å². The van der Waals surface area contributed by atoms with Crippen LogP contribution >= 0.6 is 22.7 Å². The van der Waals surface area contributed by atoms with Crippen molar-refractivity contribution < 1.29 is 83.1 Å². The van der Waals surface area contributed by atoms with Gasteiger partial charge in [-0.2, -0.15) is 74.6 Å². The van der Waals surface area contributed by atoms with Crippen molar-refractivity contribution >= 4 is 32.5 Å². The summed E-state index contributed by atoms with van der Waals surface area (Å²) in [5, 5.41) is -7.58. The van der Waals surface area contributed by atoms with E-state index in [0.29, 0.717) is 16.2 Å². The summed E-state index contributed by atoms with van der Waals surface area (Å²) >= 11 is 0.891. The molecule has 22 heteroatoms. The number of hydrogen-bond acceptors (Lipinski definition) is 4. The first kappa shape index (κ1) is 34.4. The largest absolute Gasteiger partial charge is 0.460 e. The SMILES string of the molecule is Cc1ccc(-c2sc(C)cc2S(=O)(=O)C(F)(F)C(F)(F)C(F)(F)C(F)(F)C(F)(F)C(F)(F)C(F)(F)C(F)(F)F)s1. The van der Waals surface area contributed by atoms with Gasteiger partial charge in [0.1, 0.15) is 0 Å². The zero-order valence-electron chi connectivity index (χ0n) is 18.7. The molecule has 0 radical (unpaired) electrons. The Morgan fingerprint density at radius 2 is 0.950 bits per heavy atom. The van der Waals surface area contributed by atoms with E-state index in [4.69, 9.17) is 0 Å². The van der Waals surface area contributed by atoms with E-state index in [1.165, 1.54) is 13.0 Å². The van der Waals surface area contributed by atoms with Gasteiger partial charge in [-0.15, -0.1) is 22.7 Å². The summed E-state index contributed by atoms with van der Waals surface area (Å²) in [6, 6.07) is 2.41. The van der Waals surface area contributed by atoms with Crippen LogP contribution in [0.15, 0.2) is 23.1 Å². The van der Waals surface area contributed by atoms with Gasteiger partial charge in [-0.25, -0.2) is 8.42 Å². The minimum absolute atomic E-state index is 0.164. The highest BCUT2D eigenvalue weighted by molar-refractivity contribution is 7.92. The molecule has 0 aliphatic heterocycles. The summed E-state index contributed by atoms with van der Waals surface area (Å²) in [5.41, 5.74) is 0. The van der Waals surface area contributed by atoms with Gasteiger partial charge in [-0.1, -0.05) is 0 Å². The van der Waals surface area contributed by atoms with Crippen molar-refractivity contribution in [3.63, 3.8) is 0 Å². The summed E-state index contributed by atoms with van der Waals surface area (Å²) in [6.45, 7) is 2.34. The Bertz CT molecular complexity index is 1370. The zero-order chi connectivity index (χ0) is 31.9. The lowest BCUT2D eigenvalue weighted by atomic mass is 9.91. The highest BCUT2D eigenvalue weighted by Gasteiger charge is 2.96. The molecule has 2 rings (SSSR count). The zero-order valence-corrected chi connectivity index (χ0v) is 21.1. The normalized spacial score (nSPS) is 15.6. The third-order valence-electron chi connectivity index (χ3n) is 5.11. The lowest BCUT2D eigenvalue weighted by Gasteiger charge is -2.42. The third-order valence-corrected chi connectivity index (χ3v) is 9.30. The molecule has 230 valence electrons. The molecule has 0 saturated heterocycles. The number of thiophene rings is 2. The highest BCUT2D eigenvalue weighted by atomic mass is 32.2. The Morgan fingerprint density at radius 3 is 1.32 bits per heavy atom. The number of aryl methyl sites for hydroxylation is 2. The molecule has 0 aliphatic carbocycles. The summed E-state index contributed by atoms with van der Waals surface area (Å²) in [6.07, 6.45) is -7.88. The van der Waals surface area contributed by atoms with Gasteiger partial charge in [0, 0.05) is 14.6 Å². The minimum atomic E-state index is -8.86. The molecule has 0 unspecified atom stereocenters. The first-order chi connectivity index (χ1) is 17.4. The number of halogens is 17. The summed E-state index contributed by atoms with van der Waals surface area (Å²) in [4.78, 5) is -3.03. The molecule has 0 atom stereocenters. The molecular weight excluding hydrogens is 667 g/mol. The molecule has 0 bridgehead atoms. The van der Waals surface area contributed by atoms with Gasteiger partial charge in [-0.05, 0) is 32.0 Å². The molecule has 2 nitrogen and oxygen atoms in total. The molecule has 2 aromatic heterocycles. The van der Waals surface area contributed by atoms with Crippen LogP contribution in [0, 0.1) is 13.8 Å². The monoisotopic (exact) mass is 676 g/mol. The van der Waals surface area contributed by atoms with Gasteiger partial charge in [0.2, 0.25) is 0 Å². The Labute approximate surface area is 219 Å². The molecule has 0 spiro atoms. The van der Waals surface area contributed by atoms with E-state index in [2.05, 4.69) is 0 Å². The second-order valence-corrected chi connectivity index (χ2v) is 12.4. The predicted molar refractivity (Wildman–Crippen MR) is 105 cm³/mol. The second-order valence-electron chi connectivity index (χ2n) is 7.93. The van der Waals surface area contributed by atoms with E-state index >= 15 is 0 Å². The van der Waals surface area contributed by atoms with Crippen LogP contribution in [0.1, 0.15) is 9.75 Å². The second kappa shape index (κ2) is 9.33. The number of hydrogen-bond donors (Lipinski definition) is 0. The molecule has 0 fully saturated rings. The molecule has 0 aromatic carbocycles. The molecule has 2 heterocycles. The lowest BCUT2D eigenvalue weighted by Crippen LogP contribution is -2.75. The average molecular weight is 676 g/mol. The molecular formula is C18H9F17O2S3. The highest BCUT2D eigenvalue weighted by Crippen LogP contribution is 2.65. The fraction of sp³-hybridized carbons (Fsp3) is 0.556. The van der Waals surface area contributed by atoms with E-state index in [-0.39, 0.29) is 27.2 Å². The third kappa shape index (κ3) is 4.37. The summed E-state index contributed by atoms with van der Waals surface area (Å²) in [7, 11) is -7.36. The first-order valence-corrected chi connectivity index (χ1v) is 12.6. The van der Waals surface area contributed by atoms with Crippen molar-refractivity contribution in [3.8, 4) is 9.75 Å². The van der Waals surface area contributed by atoms with E-state index < -0.39 is 66.6 Å². The number of alkyl halides is 17. The molecule has 2 aromatic rings. The van der Waals surface area contributed by atoms with Gasteiger partial charge >= 0.3 is 47.0 Å². The summed E-state index contributed by atoms with van der Waals surface area (Å²) in [5.74, 6) is -51.7. The number of rotatable bonds is 9. The predicted octanol–water partition coefficient (Wildman–Crippen LogP) is 8.83. The summed E-state index contributed by atoms with van der Waals surface area (Å²) < 4.78 is 255. The Balaban J connectivity index is 2.76. The molecule has 0 N–H and O–H groups in total. The quantitative estimate of drug-likeness (QED) is 0.249. The van der Waals surface area contributed by atoms with Gasteiger partial charge in [0.15, 0.2) is 0 Å². The Kier molecular flexibility index (Phi) is 8.02. The van der Waals surface area contributed by atoms with Crippen LogP contribution in [0.4, 0.5) is 74.6 Å². The molecule has 0 aliphatic rings.